The minimum Gasteiger partial charge on any atom is -0.349 e. The fraction of sp³-hybridized carbons (Fsp3) is 0.125. The van der Waals surface area contributed by atoms with Crippen molar-refractivity contribution < 1.29 is 4.79 Å². The summed E-state index contributed by atoms with van der Waals surface area (Å²) >= 11 is 5.93. The predicted octanol–water partition coefficient (Wildman–Crippen LogP) is 3.63. The van der Waals surface area contributed by atoms with Crippen molar-refractivity contribution >= 4 is 23.2 Å². The van der Waals surface area contributed by atoms with E-state index in [-0.39, 0.29) is 5.91 Å². The number of halogens is 1. The summed E-state index contributed by atoms with van der Waals surface area (Å²) in [5, 5.41) is 10.7. The zero-order chi connectivity index (χ0) is 15.7. The number of rotatable bonds is 3. The van der Waals surface area contributed by atoms with Crippen LogP contribution < -0.4 is 5.32 Å². The third-order valence-electron chi connectivity index (χ3n) is 3.46. The molecule has 0 aliphatic heterocycles. The van der Waals surface area contributed by atoms with Crippen LogP contribution in [0.5, 0.6) is 0 Å². The fourth-order valence-corrected chi connectivity index (χ4v) is 2.48. The van der Waals surface area contributed by atoms with Crippen LogP contribution >= 0.6 is 11.6 Å². The van der Waals surface area contributed by atoms with Crippen LogP contribution in [0.15, 0.2) is 42.6 Å². The third-order valence-corrected chi connectivity index (χ3v) is 3.69. The Labute approximate surface area is 132 Å². The summed E-state index contributed by atoms with van der Waals surface area (Å²) < 4.78 is 1.95. The number of carbonyl (C=O) groups is 1. The topological polar surface area (TPSA) is 62.7 Å². The molecule has 6 heteroatoms. The Balaban J connectivity index is 1.95. The predicted molar refractivity (Wildman–Crippen MR) is 87.1 cm³/mol. The van der Waals surface area contributed by atoms with Gasteiger partial charge in [0.25, 0.3) is 5.91 Å². The number of benzene rings is 1. The van der Waals surface area contributed by atoms with E-state index in [0.29, 0.717) is 22.0 Å². The first-order valence-corrected chi connectivity index (χ1v) is 7.17. The van der Waals surface area contributed by atoms with Gasteiger partial charge in [0.2, 0.25) is 0 Å². The molecule has 3 aromatic rings. The monoisotopic (exact) mass is 314 g/mol. The Morgan fingerprint density at radius 1 is 1.32 bits per heavy atom. The summed E-state index contributed by atoms with van der Waals surface area (Å²) in [4.78, 5) is 12.4. The number of aromatic amines is 1. The Kier molecular flexibility index (Phi) is 3.73. The van der Waals surface area contributed by atoms with Crippen LogP contribution in [-0.4, -0.2) is 20.7 Å². The van der Waals surface area contributed by atoms with Gasteiger partial charge in [0.1, 0.15) is 5.69 Å². The lowest BCUT2D eigenvalue weighted by Gasteiger charge is -2.08. The number of hydrogen-bond acceptors (Lipinski definition) is 2. The van der Waals surface area contributed by atoms with Crippen molar-refractivity contribution in [1.82, 2.24) is 14.8 Å². The van der Waals surface area contributed by atoms with Crippen LogP contribution in [0.4, 0.5) is 5.69 Å². The van der Waals surface area contributed by atoms with E-state index in [9.17, 15) is 4.79 Å². The van der Waals surface area contributed by atoms with E-state index in [1.54, 1.807) is 24.3 Å². The summed E-state index contributed by atoms with van der Waals surface area (Å²) in [6, 6.07) is 10.7. The SMILES string of the molecule is Cc1[nH]nc(-c2cccn2C)c1NC(=O)c1cccc(Cl)c1. The van der Waals surface area contributed by atoms with Gasteiger partial charge >= 0.3 is 0 Å². The van der Waals surface area contributed by atoms with Crippen molar-refractivity contribution in [2.24, 2.45) is 7.05 Å². The summed E-state index contributed by atoms with van der Waals surface area (Å²) in [5.41, 5.74) is 3.61. The molecule has 112 valence electrons. The van der Waals surface area contributed by atoms with Crippen molar-refractivity contribution in [3.8, 4) is 11.4 Å². The number of hydrogen-bond donors (Lipinski definition) is 2. The number of H-pyrrole nitrogens is 1. The summed E-state index contributed by atoms with van der Waals surface area (Å²) in [6.07, 6.45) is 1.93. The van der Waals surface area contributed by atoms with Crippen LogP contribution in [0.1, 0.15) is 16.1 Å². The van der Waals surface area contributed by atoms with Gasteiger partial charge in [-0.3, -0.25) is 9.89 Å². The highest BCUT2D eigenvalue weighted by Crippen LogP contribution is 2.29. The largest absolute Gasteiger partial charge is 0.349 e. The molecule has 2 heterocycles. The Morgan fingerprint density at radius 3 is 2.82 bits per heavy atom. The lowest BCUT2D eigenvalue weighted by Crippen LogP contribution is -2.13. The van der Waals surface area contributed by atoms with Crippen LogP contribution in [0.3, 0.4) is 0 Å². The number of amides is 1. The lowest BCUT2D eigenvalue weighted by atomic mass is 10.2. The highest BCUT2D eigenvalue weighted by molar-refractivity contribution is 6.31. The molecule has 0 radical (unpaired) electrons. The summed E-state index contributed by atoms with van der Waals surface area (Å²) in [7, 11) is 1.93. The maximum Gasteiger partial charge on any atom is 0.255 e. The van der Waals surface area contributed by atoms with Crippen molar-refractivity contribution in [3.63, 3.8) is 0 Å². The number of nitrogens with one attached hydrogen (secondary N) is 2. The molecule has 0 aliphatic rings. The molecule has 5 nitrogen and oxygen atoms in total. The molecular formula is C16H15ClN4O. The second kappa shape index (κ2) is 5.69. The average Bonchev–Trinajstić information content (AvgIpc) is 3.06. The molecule has 2 N–H and O–H groups in total. The molecule has 2 aromatic heterocycles. The first-order chi connectivity index (χ1) is 10.6. The molecule has 0 spiro atoms. The standard InChI is InChI=1S/C16H15ClN4O/c1-10-14(15(20-19-10)13-7-4-8-21(13)2)18-16(22)11-5-3-6-12(17)9-11/h3-9H,1-2H3,(H,18,22)(H,19,20). The van der Waals surface area contributed by atoms with E-state index in [1.165, 1.54) is 0 Å². The van der Waals surface area contributed by atoms with Gasteiger partial charge in [-0.2, -0.15) is 5.10 Å². The van der Waals surface area contributed by atoms with Gasteiger partial charge < -0.3 is 9.88 Å². The average molecular weight is 315 g/mol. The zero-order valence-corrected chi connectivity index (χ0v) is 13.0. The molecule has 1 aromatic carbocycles. The van der Waals surface area contributed by atoms with Gasteiger partial charge in [-0.15, -0.1) is 0 Å². The highest BCUT2D eigenvalue weighted by Gasteiger charge is 2.17. The van der Waals surface area contributed by atoms with E-state index in [1.807, 2.05) is 36.9 Å². The number of aromatic nitrogens is 3. The number of nitrogens with zero attached hydrogens (tertiary/aromatic N) is 2. The lowest BCUT2D eigenvalue weighted by molar-refractivity contribution is 0.102. The first kappa shape index (κ1) is 14.4. The van der Waals surface area contributed by atoms with Gasteiger partial charge in [-0.25, -0.2) is 0 Å². The van der Waals surface area contributed by atoms with Crippen LogP contribution in [0.25, 0.3) is 11.4 Å². The summed E-state index contributed by atoms with van der Waals surface area (Å²) in [6.45, 7) is 1.87. The van der Waals surface area contributed by atoms with Crippen molar-refractivity contribution in [1.29, 1.82) is 0 Å². The molecule has 0 saturated carbocycles. The quantitative estimate of drug-likeness (QED) is 0.775. The molecule has 0 atom stereocenters. The number of anilines is 1. The third kappa shape index (κ3) is 2.63. The molecule has 0 fully saturated rings. The number of carbonyl (C=O) groups excluding carboxylic acids is 1. The van der Waals surface area contributed by atoms with E-state index in [4.69, 9.17) is 11.6 Å². The maximum atomic E-state index is 12.4. The van der Waals surface area contributed by atoms with E-state index >= 15 is 0 Å². The zero-order valence-electron chi connectivity index (χ0n) is 12.2. The first-order valence-electron chi connectivity index (χ1n) is 6.80. The van der Waals surface area contributed by atoms with Gasteiger partial charge in [0.05, 0.1) is 17.1 Å². The van der Waals surface area contributed by atoms with Crippen molar-refractivity contribution in [3.05, 3.63) is 58.9 Å². The highest BCUT2D eigenvalue weighted by atomic mass is 35.5. The van der Waals surface area contributed by atoms with E-state index in [2.05, 4.69) is 15.5 Å². The molecule has 0 aliphatic carbocycles. The molecule has 0 unspecified atom stereocenters. The number of aryl methyl sites for hydroxylation is 2. The van der Waals surface area contributed by atoms with Crippen molar-refractivity contribution in [2.75, 3.05) is 5.32 Å². The molecule has 0 saturated heterocycles. The second-order valence-electron chi connectivity index (χ2n) is 5.04. The molecule has 0 bridgehead atoms. The van der Waals surface area contributed by atoms with Gasteiger partial charge in [0, 0.05) is 23.8 Å². The molecular weight excluding hydrogens is 300 g/mol. The van der Waals surface area contributed by atoms with Crippen LogP contribution in [0, 0.1) is 6.92 Å². The fourth-order valence-electron chi connectivity index (χ4n) is 2.29. The Bertz CT molecular complexity index is 834. The molecule has 3 rings (SSSR count). The van der Waals surface area contributed by atoms with Gasteiger partial charge in [-0.05, 0) is 37.3 Å². The minimum absolute atomic E-state index is 0.220. The Morgan fingerprint density at radius 2 is 2.14 bits per heavy atom. The van der Waals surface area contributed by atoms with Crippen molar-refractivity contribution in [2.45, 2.75) is 6.92 Å². The van der Waals surface area contributed by atoms with Gasteiger partial charge in [-0.1, -0.05) is 17.7 Å². The Hall–Kier alpha value is -2.53. The van der Waals surface area contributed by atoms with E-state index < -0.39 is 0 Å². The van der Waals surface area contributed by atoms with Crippen LogP contribution in [-0.2, 0) is 7.05 Å². The molecule has 1 amide bonds. The van der Waals surface area contributed by atoms with Crippen LogP contribution in [0.2, 0.25) is 5.02 Å². The normalized spacial score (nSPS) is 10.7. The minimum atomic E-state index is -0.220. The molecule has 22 heavy (non-hydrogen) atoms. The van der Waals surface area contributed by atoms with Gasteiger partial charge in [0.15, 0.2) is 0 Å². The smallest absolute Gasteiger partial charge is 0.255 e. The second-order valence-corrected chi connectivity index (χ2v) is 5.48. The summed E-state index contributed by atoms with van der Waals surface area (Å²) in [5.74, 6) is -0.220. The van der Waals surface area contributed by atoms with E-state index in [0.717, 1.165) is 11.4 Å². The maximum absolute atomic E-state index is 12.4.